The van der Waals surface area contributed by atoms with E-state index in [1.165, 1.54) is 0 Å². The molecule has 0 aliphatic heterocycles. The topological polar surface area (TPSA) is 52.6 Å². The maximum Gasteiger partial charge on any atom is 0.234 e. The van der Waals surface area contributed by atoms with Crippen molar-refractivity contribution in [1.82, 2.24) is 10.2 Å². The van der Waals surface area contributed by atoms with Crippen LogP contribution in [0.4, 0.5) is 0 Å². The van der Waals surface area contributed by atoms with Crippen molar-refractivity contribution in [1.29, 1.82) is 0 Å². The molecule has 0 spiro atoms. The molecule has 0 saturated heterocycles. The number of phenols is 1. The van der Waals surface area contributed by atoms with Crippen LogP contribution in [0.1, 0.15) is 19.4 Å². The van der Waals surface area contributed by atoms with Crippen LogP contribution in [0.3, 0.4) is 0 Å². The second-order valence-corrected chi connectivity index (χ2v) is 5.52. The number of halogens is 1. The van der Waals surface area contributed by atoms with Crippen LogP contribution in [-0.4, -0.2) is 36.1 Å². The van der Waals surface area contributed by atoms with Gasteiger partial charge in [0, 0.05) is 18.7 Å². The van der Waals surface area contributed by atoms with E-state index < -0.39 is 0 Å². The molecule has 5 heteroatoms. The van der Waals surface area contributed by atoms with Gasteiger partial charge in [-0.2, -0.15) is 0 Å². The zero-order valence-electron chi connectivity index (χ0n) is 11.6. The van der Waals surface area contributed by atoms with Crippen molar-refractivity contribution in [3.63, 3.8) is 0 Å². The number of likely N-dealkylation sites (N-methyl/N-ethyl adjacent to an activating group) is 1. The second-order valence-electron chi connectivity index (χ2n) is 5.12. The highest BCUT2D eigenvalue weighted by molar-refractivity contribution is 6.32. The number of phenolic OH excluding ortho intramolecular Hbond substituents is 1. The molecule has 4 nitrogen and oxygen atoms in total. The summed E-state index contributed by atoms with van der Waals surface area (Å²) >= 11 is 5.84. The lowest BCUT2D eigenvalue weighted by atomic mass is 10.2. The number of hydrogen-bond acceptors (Lipinski definition) is 3. The molecule has 0 atom stereocenters. The Balaban J connectivity index is 2.49. The molecular weight excluding hydrogens is 264 g/mol. The fourth-order valence-electron chi connectivity index (χ4n) is 1.65. The molecule has 1 amide bonds. The summed E-state index contributed by atoms with van der Waals surface area (Å²) in [5.41, 5.74) is 0.714. The van der Waals surface area contributed by atoms with Crippen molar-refractivity contribution >= 4 is 17.5 Å². The monoisotopic (exact) mass is 284 g/mol. The Bertz CT molecular complexity index is 435. The number of hydrogen-bond donors (Lipinski definition) is 2. The Morgan fingerprint density at radius 1 is 1.47 bits per heavy atom. The normalized spacial score (nSPS) is 11.1. The van der Waals surface area contributed by atoms with Crippen molar-refractivity contribution in [3.8, 4) is 5.75 Å². The standard InChI is InChI=1S/C14H21ClN2O2/c1-10(2)7-16-13(18)9-17(3)8-11-5-4-6-12(15)14(11)19/h4-6,10,19H,7-9H2,1-3H3,(H,16,18). The number of rotatable bonds is 6. The van der Waals surface area contributed by atoms with Gasteiger partial charge in [0.1, 0.15) is 5.75 Å². The van der Waals surface area contributed by atoms with Crippen LogP contribution >= 0.6 is 11.6 Å². The number of nitrogens with one attached hydrogen (secondary N) is 1. The van der Waals surface area contributed by atoms with Gasteiger partial charge >= 0.3 is 0 Å². The Morgan fingerprint density at radius 2 is 2.16 bits per heavy atom. The lowest BCUT2D eigenvalue weighted by Crippen LogP contribution is -2.36. The van der Waals surface area contributed by atoms with Gasteiger partial charge < -0.3 is 10.4 Å². The zero-order chi connectivity index (χ0) is 14.4. The first-order chi connectivity index (χ1) is 8.90. The molecule has 0 radical (unpaired) electrons. The maximum absolute atomic E-state index is 11.7. The van der Waals surface area contributed by atoms with Gasteiger partial charge in [0.25, 0.3) is 0 Å². The van der Waals surface area contributed by atoms with Crippen LogP contribution in [-0.2, 0) is 11.3 Å². The predicted molar refractivity (Wildman–Crippen MR) is 77.3 cm³/mol. The summed E-state index contributed by atoms with van der Waals surface area (Å²) in [5.74, 6) is 0.502. The van der Waals surface area contributed by atoms with Crippen LogP contribution < -0.4 is 5.32 Å². The second kappa shape index (κ2) is 7.36. The van der Waals surface area contributed by atoms with Crippen LogP contribution in [0.2, 0.25) is 5.02 Å². The van der Waals surface area contributed by atoms with E-state index in [1.807, 2.05) is 25.8 Å². The molecule has 0 fully saturated rings. The molecule has 0 bridgehead atoms. The third-order valence-corrected chi connectivity index (χ3v) is 2.94. The third-order valence-electron chi connectivity index (χ3n) is 2.63. The maximum atomic E-state index is 11.7. The van der Waals surface area contributed by atoms with E-state index in [0.717, 1.165) is 0 Å². The summed E-state index contributed by atoms with van der Waals surface area (Å²) in [7, 11) is 1.83. The summed E-state index contributed by atoms with van der Waals surface area (Å²) in [6.45, 7) is 5.54. The average Bonchev–Trinajstić information content (AvgIpc) is 2.32. The fraction of sp³-hybridized carbons (Fsp3) is 0.500. The van der Waals surface area contributed by atoms with Gasteiger partial charge in [-0.3, -0.25) is 9.69 Å². The highest BCUT2D eigenvalue weighted by Gasteiger charge is 2.11. The number of aromatic hydroxyl groups is 1. The fourth-order valence-corrected chi connectivity index (χ4v) is 1.85. The van der Waals surface area contributed by atoms with Gasteiger partial charge in [0.2, 0.25) is 5.91 Å². The summed E-state index contributed by atoms with van der Waals surface area (Å²) in [4.78, 5) is 13.5. The molecule has 2 N–H and O–H groups in total. The number of nitrogens with zero attached hydrogens (tertiary/aromatic N) is 1. The van der Waals surface area contributed by atoms with E-state index >= 15 is 0 Å². The number of carbonyl (C=O) groups is 1. The quantitative estimate of drug-likeness (QED) is 0.842. The van der Waals surface area contributed by atoms with Crippen molar-refractivity contribution in [3.05, 3.63) is 28.8 Å². The van der Waals surface area contributed by atoms with Gasteiger partial charge in [0.05, 0.1) is 11.6 Å². The molecule has 0 aliphatic carbocycles. The molecule has 0 aliphatic rings. The van der Waals surface area contributed by atoms with Crippen molar-refractivity contribution in [2.75, 3.05) is 20.1 Å². The van der Waals surface area contributed by atoms with Crippen molar-refractivity contribution < 1.29 is 9.90 Å². The lowest BCUT2D eigenvalue weighted by molar-refractivity contribution is -0.122. The summed E-state index contributed by atoms with van der Waals surface area (Å²) in [5, 5.41) is 13.0. The highest BCUT2D eigenvalue weighted by Crippen LogP contribution is 2.27. The number of amides is 1. The Morgan fingerprint density at radius 3 is 2.79 bits per heavy atom. The van der Waals surface area contributed by atoms with E-state index in [9.17, 15) is 9.90 Å². The van der Waals surface area contributed by atoms with Crippen LogP contribution in [0.15, 0.2) is 18.2 Å². The van der Waals surface area contributed by atoms with Crippen LogP contribution in [0, 0.1) is 5.92 Å². The Kier molecular flexibility index (Phi) is 6.12. The van der Waals surface area contributed by atoms with Crippen molar-refractivity contribution in [2.24, 2.45) is 5.92 Å². The van der Waals surface area contributed by atoms with Crippen molar-refractivity contribution in [2.45, 2.75) is 20.4 Å². The molecule has 0 saturated carbocycles. The average molecular weight is 285 g/mol. The first kappa shape index (κ1) is 15.8. The number of para-hydroxylation sites is 1. The van der Waals surface area contributed by atoms with Gasteiger partial charge in [-0.25, -0.2) is 0 Å². The molecular formula is C14H21ClN2O2. The smallest absolute Gasteiger partial charge is 0.234 e. The molecule has 1 aromatic rings. The number of benzene rings is 1. The minimum absolute atomic E-state index is 0.0160. The highest BCUT2D eigenvalue weighted by atomic mass is 35.5. The minimum Gasteiger partial charge on any atom is -0.506 e. The molecule has 106 valence electrons. The first-order valence-electron chi connectivity index (χ1n) is 6.31. The summed E-state index contributed by atoms with van der Waals surface area (Å²) in [6, 6.07) is 5.21. The van der Waals surface area contributed by atoms with Gasteiger partial charge in [-0.1, -0.05) is 37.6 Å². The third kappa shape index (κ3) is 5.49. The molecule has 1 rings (SSSR count). The molecule has 0 heterocycles. The zero-order valence-corrected chi connectivity index (χ0v) is 12.4. The van der Waals surface area contributed by atoms with Gasteiger partial charge in [-0.15, -0.1) is 0 Å². The molecule has 1 aromatic carbocycles. The van der Waals surface area contributed by atoms with E-state index in [-0.39, 0.29) is 11.7 Å². The van der Waals surface area contributed by atoms with Gasteiger partial charge in [-0.05, 0) is 19.0 Å². The summed E-state index contributed by atoms with van der Waals surface area (Å²) in [6.07, 6.45) is 0. The summed E-state index contributed by atoms with van der Waals surface area (Å²) < 4.78 is 0. The molecule has 0 unspecified atom stereocenters. The lowest BCUT2D eigenvalue weighted by Gasteiger charge is -2.17. The van der Waals surface area contributed by atoms with E-state index in [1.54, 1.807) is 18.2 Å². The molecule has 19 heavy (non-hydrogen) atoms. The van der Waals surface area contributed by atoms with Crippen LogP contribution in [0.5, 0.6) is 5.75 Å². The van der Waals surface area contributed by atoms with E-state index in [2.05, 4.69) is 5.32 Å². The van der Waals surface area contributed by atoms with Crippen LogP contribution in [0.25, 0.3) is 0 Å². The Labute approximate surface area is 119 Å². The van der Waals surface area contributed by atoms with E-state index in [0.29, 0.717) is 36.1 Å². The number of carbonyl (C=O) groups excluding carboxylic acids is 1. The van der Waals surface area contributed by atoms with Gasteiger partial charge in [0.15, 0.2) is 0 Å². The largest absolute Gasteiger partial charge is 0.506 e. The SMILES string of the molecule is CC(C)CNC(=O)CN(C)Cc1cccc(Cl)c1O. The van der Waals surface area contributed by atoms with E-state index in [4.69, 9.17) is 11.6 Å². The minimum atomic E-state index is -0.0160. The predicted octanol–water partition coefficient (Wildman–Crippen LogP) is 2.25. The molecule has 0 aromatic heterocycles. The first-order valence-corrected chi connectivity index (χ1v) is 6.69. The Hall–Kier alpha value is -1.26.